The summed E-state index contributed by atoms with van der Waals surface area (Å²) in [6, 6.07) is 17.6. The highest BCUT2D eigenvalue weighted by Gasteiger charge is 2.26. The van der Waals surface area contributed by atoms with Crippen LogP contribution in [0.2, 0.25) is 0 Å². The Morgan fingerprint density at radius 2 is 1.88 bits per heavy atom. The van der Waals surface area contributed by atoms with Gasteiger partial charge in [-0.25, -0.2) is 0 Å². The molecule has 0 aromatic heterocycles. The lowest BCUT2D eigenvalue weighted by atomic mass is 10.1. The van der Waals surface area contributed by atoms with Crippen LogP contribution in [0, 0.1) is 0 Å². The molecule has 1 amide bonds. The zero-order valence-electron chi connectivity index (χ0n) is 14.6. The van der Waals surface area contributed by atoms with E-state index in [0.29, 0.717) is 6.04 Å². The largest absolute Gasteiger partial charge is 0.326 e. The number of carbonyl (C=O) groups excluding carboxylic acids is 1. The van der Waals surface area contributed by atoms with Crippen LogP contribution in [-0.4, -0.2) is 23.4 Å². The van der Waals surface area contributed by atoms with Gasteiger partial charge in [-0.05, 0) is 54.6 Å². The van der Waals surface area contributed by atoms with E-state index >= 15 is 0 Å². The molecule has 24 heavy (non-hydrogen) atoms. The molecule has 0 saturated carbocycles. The average Bonchev–Trinajstić information content (AvgIpc) is 2.98. The summed E-state index contributed by atoms with van der Waals surface area (Å²) in [5, 5.41) is 2.89. The molecule has 2 aromatic rings. The molecule has 1 atom stereocenters. The van der Waals surface area contributed by atoms with Crippen molar-refractivity contribution in [3.8, 4) is 0 Å². The molecule has 0 spiro atoms. The Balaban J connectivity index is 1.72. The predicted octanol–water partition coefficient (Wildman–Crippen LogP) is 4.02. The van der Waals surface area contributed by atoms with Gasteiger partial charge < -0.3 is 5.32 Å². The van der Waals surface area contributed by atoms with Crippen molar-refractivity contribution in [2.45, 2.75) is 45.7 Å². The lowest BCUT2D eigenvalue weighted by Crippen LogP contribution is -2.36. The maximum Gasteiger partial charge on any atom is 0.221 e. The summed E-state index contributed by atoms with van der Waals surface area (Å²) in [7, 11) is 0. The third-order valence-corrected chi connectivity index (χ3v) is 4.69. The minimum absolute atomic E-state index is 0.0128. The van der Waals surface area contributed by atoms with Crippen molar-refractivity contribution < 1.29 is 4.79 Å². The number of benzene rings is 2. The number of hydrogen-bond donors (Lipinski definition) is 1. The van der Waals surface area contributed by atoms with Crippen LogP contribution in [-0.2, 0) is 24.2 Å². The van der Waals surface area contributed by atoms with Crippen molar-refractivity contribution in [3.63, 3.8) is 0 Å². The molecular formula is C21H26N2O. The lowest BCUT2D eigenvalue weighted by molar-refractivity contribution is -0.114. The highest BCUT2D eigenvalue weighted by atomic mass is 16.1. The Bertz CT molecular complexity index is 696. The SMILES string of the molecule is CCCN(Cc1ccccc1)C1Cc2ccc(NC(C)=O)cc2C1. The summed E-state index contributed by atoms with van der Waals surface area (Å²) in [6.07, 6.45) is 3.33. The number of carbonyl (C=O) groups is 1. The molecule has 1 unspecified atom stereocenters. The van der Waals surface area contributed by atoms with Crippen LogP contribution in [0.15, 0.2) is 48.5 Å². The monoisotopic (exact) mass is 322 g/mol. The molecule has 0 radical (unpaired) electrons. The maximum absolute atomic E-state index is 11.3. The van der Waals surface area contributed by atoms with E-state index in [1.807, 2.05) is 6.07 Å². The summed E-state index contributed by atoms with van der Waals surface area (Å²) in [5.74, 6) is -0.0128. The molecule has 0 aliphatic heterocycles. The van der Waals surface area contributed by atoms with Gasteiger partial charge in [0.2, 0.25) is 5.91 Å². The molecule has 0 fully saturated rings. The van der Waals surface area contributed by atoms with Gasteiger partial charge in [-0.1, -0.05) is 43.3 Å². The van der Waals surface area contributed by atoms with E-state index in [1.165, 1.54) is 16.7 Å². The molecule has 126 valence electrons. The zero-order valence-corrected chi connectivity index (χ0v) is 14.6. The lowest BCUT2D eigenvalue weighted by Gasteiger charge is -2.28. The normalized spacial score (nSPS) is 16.2. The zero-order chi connectivity index (χ0) is 16.9. The van der Waals surface area contributed by atoms with Crippen molar-refractivity contribution in [2.24, 2.45) is 0 Å². The Labute approximate surface area is 144 Å². The minimum atomic E-state index is -0.0128. The van der Waals surface area contributed by atoms with Gasteiger partial charge in [0, 0.05) is 25.2 Å². The first-order valence-electron chi connectivity index (χ1n) is 8.83. The second-order valence-corrected chi connectivity index (χ2v) is 6.68. The fraction of sp³-hybridized carbons (Fsp3) is 0.381. The maximum atomic E-state index is 11.3. The number of amides is 1. The quantitative estimate of drug-likeness (QED) is 0.871. The van der Waals surface area contributed by atoms with E-state index in [4.69, 9.17) is 0 Å². The third-order valence-electron chi connectivity index (χ3n) is 4.69. The molecule has 1 aliphatic rings. The Morgan fingerprint density at radius 1 is 1.12 bits per heavy atom. The number of nitrogens with zero attached hydrogens (tertiary/aromatic N) is 1. The first-order valence-corrected chi connectivity index (χ1v) is 8.83. The van der Waals surface area contributed by atoms with Crippen LogP contribution in [0.4, 0.5) is 5.69 Å². The van der Waals surface area contributed by atoms with E-state index in [0.717, 1.165) is 38.0 Å². The highest BCUT2D eigenvalue weighted by molar-refractivity contribution is 5.88. The standard InChI is InChI=1S/C21H26N2O/c1-3-11-23(15-17-7-5-4-6-8-17)21-13-18-9-10-20(22-16(2)24)12-19(18)14-21/h4-10,12,21H,3,11,13-15H2,1-2H3,(H,22,24). The Hall–Kier alpha value is -2.13. The molecule has 0 bridgehead atoms. The van der Waals surface area contributed by atoms with Crippen molar-refractivity contribution >= 4 is 11.6 Å². The molecule has 1 aliphatic carbocycles. The van der Waals surface area contributed by atoms with E-state index in [2.05, 4.69) is 59.6 Å². The molecule has 0 heterocycles. The second-order valence-electron chi connectivity index (χ2n) is 6.68. The molecule has 3 heteroatoms. The average molecular weight is 322 g/mol. The van der Waals surface area contributed by atoms with Crippen LogP contribution in [0.3, 0.4) is 0 Å². The highest BCUT2D eigenvalue weighted by Crippen LogP contribution is 2.29. The van der Waals surface area contributed by atoms with Crippen molar-refractivity contribution in [3.05, 3.63) is 65.2 Å². The van der Waals surface area contributed by atoms with Gasteiger partial charge in [-0.15, -0.1) is 0 Å². The van der Waals surface area contributed by atoms with E-state index in [-0.39, 0.29) is 5.91 Å². The predicted molar refractivity (Wildman–Crippen MR) is 99.1 cm³/mol. The van der Waals surface area contributed by atoms with Gasteiger partial charge in [0.05, 0.1) is 0 Å². The van der Waals surface area contributed by atoms with Gasteiger partial charge >= 0.3 is 0 Å². The minimum Gasteiger partial charge on any atom is -0.326 e. The first kappa shape index (κ1) is 16.7. The van der Waals surface area contributed by atoms with Crippen LogP contribution < -0.4 is 5.32 Å². The topological polar surface area (TPSA) is 32.3 Å². The third kappa shape index (κ3) is 4.04. The number of nitrogens with one attached hydrogen (secondary N) is 1. The van der Waals surface area contributed by atoms with E-state index in [9.17, 15) is 4.79 Å². The number of fused-ring (bicyclic) bond motifs is 1. The molecule has 2 aromatic carbocycles. The van der Waals surface area contributed by atoms with Gasteiger partial charge in [-0.2, -0.15) is 0 Å². The summed E-state index contributed by atoms with van der Waals surface area (Å²) in [4.78, 5) is 13.9. The number of hydrogen-bond acceptors (Lipinski definition) is 2. The number of anilines is 1. The van der Waals surface area contributed by atoms with Crippen LogP contribution >= 0.6 is 0 Å². The molecule has 0 saturated heterocycles. The Kier molecular flexibility index (Phi) is 5.31. The van der Waals surface area contributed by atoms with Crippen molar-refractivity contribution in [2.75, 3.05) is 11.9 Å². The van der Waals surface area contributed by atoms with Gasteiger partial charge in [0.15, 0.2) is 0 Å². The van der Waals surface area contributed by atoms with Crippen molar-refractivity contribution in [1.29, 1.82) is 0 Å². The smallest absolute Gasteiger partial charge is 0.221 e. The summed E-state index contributed by atoms with van der Waals surface area (Å²) in [5.41, 5.74) is 5.08. The van der Waals surface area contributed by atoms with Crippen molar-refractivity contribution in [1.82, 2.24) is 4.90 Å². The van der Waals surface area contributed by atoms with Crippen LogP contribution in [0.5, 0.6) is 0 Å². The second kappa shape index (κ2) is 7.63. The fourth-order valence-electron chi connectivity index (χ4n) is 3.63. The molecule has 3 nitrogen and oxygen atoms in total. The van der Waals surface area contributed by atoms with E-state index in [1.54, 1.807) is 6.92 Å². The summed E-state index contributed by atoms with van der Waals surface area (Å²) >= 11 is 0. The fourth-order valence-corrected chi connectivity index (χ4v) is 3.63. The van der Waals surface area contributed by atoms with Gasteiger partial charge in [0.1, 0.15) is 0 Å². The van der Waals surface area contributed by atoms with Crippen LogP contribution in [0.25, 0.3) is 0 Å². The molecule has 1 N–H and O–H groups in total. The van der Waals surface area contributed by atoms with Gasteiger partial charge in [-0.3, -0.25) is 9.69 Å². The Morgan fingerprint density at radius 3 is 2.58 bits per heavy atom. The first-order chi connectivity index (χ1) is 11.7. The van der Waals surface area contributed by atoms with Gasteiger partial charge in [0.25, 0.3) is 0 Å². The van der Waals surface area contributed by atoms with Crippen LogP contribution in [0.1, 0.15) is 37.0 Å². The molecule has 3 rings (SSSR count). The summed E-state index contributed by atoms with van der Waals surface area (Å²) < 4.78 is 0. The number of rotatable bonds is 6. The molecular weight excluding hydrogens is 296 g/mol. The summed E-state index contributed by atoms with van der Waals surface area (Å²) in [6.45, 7) is 5.92. The van der Waals surface area contributed by atoms with E-state index < -0.39 is 0 Å².